The van der Waals surface area contributed by atoms with E-state index in [9.17, 15) is 9.90 Å². The van der Waals surface area contributed by atoms with Crippen LogP contribution in [0.1, 0.15) is 37.9 Å². The molecule has 5 heteroatoms. The van der Waals surface area contributed by atoms with E-state index in [1.807, 2.05) is 11.8 Å². The fourth-order valence-corrected chi connectivity index (χ4v) is 2.38. The van der Waals surface area contributed by atoms with Crippen LogP contribution >= 0.6 is 0 Å². The number of piperidine rings is 1. The fraction of sp³-hybridized carbons (Fsp3) is 0.583. The van der Waals surface area contributed by atoms with Gasteiger partial charge in [-0.1, -0.05) is 6.42 Å². The topological polar surface area (TPSA) is 66.3 Å². The van der Waals surface area contributed by atoms with Crippen LogP contribution in [0.4, 0.5) is 0 Å². The number of nitrogens with zero attached hydrogens (tertiary/aromatic N) is 3. The summed E-state index contributed by atoms with van der Waals surface area (Å²) in [6, 6.07) is -0.383. The Labute approximate surface area is 100 Å². The van der Waals surface area contributed by atoms with Gasteiger partial charge in [0.05, 0.1) is 11.7 Å². The van der Waals surface area contributed by atoms with Crippen molar-refractivity contribution in [2.45, 2.75) is 38.3 Å². The molecule has 1 aliphatic rings. The minimum Gasteiger partial charge on any atom is -0.480 e. The highest BCUT2D eigenvalue weighted by Gasteiger charge is 2.32. The molecule has 2 rings (SSSR count). The van der Waals surface area contributed by atoms with Gasteiger partial charge in [0.15, 0.2) is 0 Å². The average Bonchev–Trinajstić information content (AvgIpc) is 2.39. The van der Waals surface area contributed by atoms with Gasteiger partial charge in [-0.3, -0.25) is 19.7 Å². The molecule has 1 aromatic heterocycles. The number of hydrogen-bond donors (Lipinski definition) is 1. The van der Waals surface area contributed by atoms with Crippen molar-refractivity contribution in [1.82, 2.24) is 14.9 Å². The first-order valence-corrected chi connectivity index (χ1v) is 5.94. The predicted octanol–water partition coefficient (Wildman–Crippen LogP) is 1.48. The zero-order chi connectivity index (χ0) is 12.3. The summed E-state index contributed by atoms with van der Waals surface area (Å²) in [5.74, 6) is -0.736. The molecule has 1 N–H and O–H groups in total. The molecule has 2 heterocycles. The van der Waals surface area contributed by atoms with Gasteiger partial charge in [-0.25, -0.2) is 0 Å². The summed E-state index contributed by atoms with van der Waals surface area (Å²) in [5.41, 5.74) is 0.834. The maximum Gasteiger partial charge on any atom is 0.320 e. The molecule has 1 aromatic rings. The molecule has 1 fully saturated rings. The third-order valence-electron chi connectivity index (χ3n) is 3.34. The molecule has 0 aromatic carbocycles. The highest BCUT2D eigenvalue weighted by atomic mass is 16.4. The van der Waals surface area contributed by atoms with Crippen LogP contribution in [0.25, 0.3) is 0 Å². The number of carboxylic acids is 1. The van der Waals surface area contributed by atoms with Crippen molar-refractivity contribution in [3.8, 4) is 0 Å². The second kappa shape index (κ2) is 5.23. The summed E-state index contributed by atoms with van der Waals surface area (Å²) in [5, 5.41) is 9.23. The Morgan fingerprint density at radius 2 is 2.35 bits per heavy atom. The Hall–Kier alpha value is -1.49. The Morgan fingerprint density at radius 1 is 1.53 bits per heavy atom. The lowest BCUT2D eigenvalue weighted by Gasteiger charge is -2.37. The Bertz CT molecular complexity index is 383. The normalized spacial score (nSPS) is 23.2. The maximum atomic E-state index is 11.2. The third-order valence-corrected chi connectivity index (χ3v) is 3.34. The lowest BCUT2D eigenvalue weighted by Crippen LogP contribution is -2.45. The zero-order valence-corrected chi connectivity index (χ0v) is 9.91. The number of rotatable bonds is 3. The second-order valence-electron chi connectivity index (χ2n) is 4.39. The van der Waals surface area contributed by atoms with Gasteiger partial charge in [0, 0.05) is 18.6 Å². The van der Waals surface area contributed by atoms with E-state index in [2.05, 4.69) is 9.97 Å². The molecule has 0 unspecified atom stereocenters. The predicted molar refractivity (Wildman–Crippen MR) is 62.4 cm³/mol. The largest absolute Gasteiger partial charge is 0.480 e. The van der Waals surface area contributed by atoms with Gasteiger partial charge in [-0.2, -0.15) is 0 Å². The van der Waals surface area contributed by atoms with Crippen molar-refractivity contribution < 1.29 is 9.90 Å². The van der Waals surface area contributed by atoms with Crippen molar-refractivity contribution in [3.63, 3.8) is 0 Å². The lowest BCUT2D eigenvalue weighted by atomic mass is 9.99. The Balaban J connectivity index is 2.16. The van der Waals surface area contributed by atoms with Crippen LogP contribution in [0.5, 0.6) is 0 Å². The van der Waals surface area contributed by atoms with E-state index in [0.29, 0.717) is 0 Å². The number of carbonyl (C=O) groups is 1. The average molecular weight is 235 g/mol. The number of hydrogen-bond acceptors (Lipinski definition) is 4. The van der Waals surface area contributed by atoms with Crippen molar-refractivity contribution >= 4 is 5.97 Å². The Kier molecular flexibility index (Phi) is 3.68. The summed E-state index contributed by atoms with van der Waals surface area (Å²) in [6.07, 6.45) is 7.74. The van der Waals surface area contributed by atoms with Crippen molar-refractivity contribution in [2.24, 2.45) is 0 Å². The molecule has 0 aliphatic carbocycles. The van der Waals surface area contributed by atoms with Crippen LogP contribution in [0.2, 0.25) is 0 Å². The van der Waals surface area contributed by atoms with E-state index >= 15 is 0 Å². The van der Waals surface area contributed by atoms with Crippen LogP contribution in [0.3, 0.4) is 0 Å². The molecule has 0 spiro atoms. The van der Waals surface area contributed by atoms with Gasteiger partial charge >= 0.3 is 5.97 Å². The monoisotopic (exact) mass is 235 g/mol. The van der Waals surface area contributed by atoms with Crippen molar-refractivity contribution in [2.75, 3.05) is 6.54 Å². The van der Waals surface area contributed by atoms with Gasteiger partial charge < -0.3 is 5.11 Å². The van der Waals surface area contributed by atoms with Crippen LogP contribution in [0, 0.1) is 0 Å². The minimum absolute atomic E-state index is 0.00472. The second-order valence-corrected chi connectivity index (χ2v) is 4.39. The molecule has 0 radical (unpaired) electrons. The van der Waals surface area contributed by atoms with E-state index in [0.717, 1.165) is 31.5 Å². The number of carboxylic acid groups (broad SMARTS) is 1. The number of aliphatic carboxylic acids is 1. The van der Waals surface area contributed by atoms with E-state index < -0.39 is 5.97 Å². The Morgan fingerprint density at radius 3 is 3.00 bits per heavy atom. The van der Waals surface area contributed by atoms with E-state index in [4.69, 9.17) is 0 Å². The molecule has 17 heavy (non-hydrogen) atoms. The van der Waals surface area contributed by atoms with Gasteiger partial charge in [0.1, 0.15) is 6.04 Å². The van der Waals surface area contributed by atoms with Crippen molar-refractivity contribution in [3.05, 3.63) is 24.3 Å². The first-order chi connectivity index (χ1) is 8.20. The SMILES string of the molecule is C[C@H](c1cnccn1)N1CCCC[C@H]1C(=O)O. The molecule has 5 nitrogen and oxygen atoms in total. The summed E-state index contributed by atoms with van der Waals surface area (Å²) >= 11 is 0. The summed E-state index contributed by atoms with van der Waals surface area (Å²) in [4.78, 5) is 21.5. The third kappa shape index (κ3) is 2.61. The first kappa shape index (κ1) is 12.0. The smallest absolute Gasteiger partial charge is 0.320 e. The fourth-order valence-electron chi connectivity index (χ4n) is 2.38. The van der Waals surface area contributed by atoms with Crippen LogP contribution in [-0.4, -0.2) is 38.5 Å². The highest BCUT2D eigenvalue weighted by molar-refractivity contribution is 5.73. The minimum atomic E-state index is -0.736. The van der Waals surface area contributed by atoms with Crippen LogP contribution in [0.15, 0.2) is 18.6 Å². The molecule has 92 valence electrons. The van der Waals surface area contributed by atoms with E-state index in [1.54, 1.807) is 18.6 Å². The molecule has 2 atom stereocenters. The molecule has 1 aliphatic heterocycles. The van der Waals surface area contributed by atoms with Gasteiger partial charge in [0.25, 0.3) is 0 Å². The molecular weight excluding hydrogens is 218 g/mol. The van der Waals surface area contributed by atoms with Crippen molar-refractivity contribution in [1.29, 1.82) is 0 Å². The summed E-state index contributed by atoms with van der Waals surface area (Å²) in [7, 11) is 0. The van der Waals surface area contributed by atoms with E-state index in [-0.39, 0.29) is 12.1 Å². The lowest BCUT2D eigenvalue weighted by molar-refractivity contribution is -0.145. The van der Waals surface area contributed by atoms with Gasteiger partial charge in [-0.05, 0) is 26.3 Å². The van der Waals surface area contributed by atoms with Gasteiger partial charge in [-0.15, -0.1) is 0 Å². The molecule has 0 amide bonds. The van der Waals surface area contributed by atoms with Gasteiger partial charge in [0.2, 0.25) is 0 Å². The van der Waals surface area contributed by atoms with E-state index in [1.165, 1.54) is 0 Å². The first-order valence-electron chi connectivity index (χ1n) is 5.94. The zero-order valence-electron chi connectivity index (χ0n) is 9.91. The molecule has 0 bridgehead atoms. The summed E-state index contributed by atoms with van der Waals surface area (Å²) in [6.45, 7) is 2.81. The summed E-state index contributed by atoms with van der Waals surface area (Å²) < 4.78 is 0. The van der Waals surface area contributed by atoms with Crippen LogP contribution in [-0.2, 0) is 4.79 Å². The van der Waals surface area contributed by atoms with Crippen LogP contribution < -0.4 is 0 Å². The standard InChI is InChI=1S/C12H17N3O2/c1-9(10-8-13-5-6-14-10)15-7-3-2-4-11(15)12(16)17/h5-6,8-9,11H,2-4,7H2,1H3,(H,16,17)/t9-,11+/m1/s1. The molecule has 1 saturated heterocycles. The molecular formula is C12H17N3O2. The highest BCUT2D eigenvalue weighted by Crippen LogP contribution is 2.26. The number of likely N-dealkylation sites (tertiary alicyclic amines) is 1. The maximum absolute atomic E-state index is 11.2. The quantitative estimate of drug-likeness (QED) is 0.859. The molecule has 0 saturated carbocycles. The number of aromatic nitrogens is 2.